The second kappa shape index (κ2) is 5.05. The van der Waals surface area contributed by atoms with Crippen molar-refractivity contribution in [1.29, 1.82) is 0 Å². The van der Waals surface area contributed by atoms with Crippen molar-refractivity contribution in [3.05, 3.63) is 23.9 Å². The van der Waals surface area contributed by atoms with Gasteiger partial charge in [-0.3, -0.25) is 0 Å². The van der Waals surface area contributed by atoms with Crippen molar-refractivity contribution < 1.29 is 0 Å². The van der Waals surface area contributed by atoms with Crippen molar-refractivity contribution in [1.82, 2.24) is 10.3 Å². The Balaban J connectivity index is 2.01. The third-order valence-corrected chi connectivity index (χ3v) is 3.02. The lowest BCUT2D eigenvalue weighted by molar-refractivity contribution is 0.421. The molecule has 0 aliphatic carbocycles. The maximum atomic E-state index is 4.72. The number of pyridine rings is 1. The van der Waals surface area contributed by atoms with Crippen LogP contribution in [0.25, 0.3) is 0 Å². The maximum Gasteiger partial charge on any atom is 0.128 e. The number of nitrogens with one attached hydrogen (secondary N) is 1. The zero-order valence-electron chi connectivity index (χ0n) is 11.2. The van der Waals surface area contributed by atoms with Crippen LogP contribution in [-0.2, 0) is 6.54 Å². The summed E-state index contributed by atoms with van der Waals surface area (Å²) in [7, 11) is 0. The summed E-state index contributed by atoms with van der Waals surface area (Å²) in [5.74, 6) is 1.13. The molecule has 1 aliphatic rings. The van der Waals surface area contributed by atoms with E-state index in [2.05, 4.69) is 49.2 Å². The molecule has 0 atom stereocenters. The Kier molecular flexibility index (Phi) is 3.67. The first-order valence-electron chi connectivity index (χ1n) is 6.50. The van der Waals surface area contributed by atoms with Crippen LogP contribution in [0.1, 0.15) is 39.3 Å². The molecule has 0 bridgehead atoms. The molecule has 0 saturated carbocycles. The van der Waals surface area contributed by atoms with Gasteiger partial charge in [-0.15, -0.1) is 0 Å². The first kappa shape index (κ1) is 12.4. The van der Waals surface area contributed by atoms with Gasteiger partial charge in [-0.05, 0) is 45.7 Å². The topological polar surface area (TPSA) is 28.2 Å². The molecule has 0 radical (unpaired) electrons. The van der Waals surface area contributed by atoms with Gasteiger partial charge in [0.05, 0.1) is 5.69 Å². The smallest absolute Gasteiger partial charge is 0.128 e. The summed E-state index contributed by atoms with van der Waals surface area (Å²) in [4.78, 5) is 7.10. The van der Waals surface area contributed by atoms with Gasteiger partial charge in [0, 0.05) is 25.2 Å². The van der Waals surface area contributed by atoms with Crippen LogP contribution >= 0.6 is 0 Å². The molecule has 94 valence electrons. The van der Waals surface area contributed by atoms with E-state index in [1.807, 2.05) is 0 Å². The van der Waals surface area contributed by atoms with E-state index in [0.717, 1.165) is 31.1 Å². The summed E-state index contributed by atoms with van der Waals surface area (Å²) in [6.45, 7) is 9.68. The van der Waals surface area contributed by atoms with E-state index in [1.165, 1.54) is 12.8 Å². The minimum atomic E-state index is 0.144. The minimum absolute atomic E-state index is 0.144. The van der Waals surface area contributed by atoms with E-state index in [1.54, 1.807) is 0 Å². The Bertz CT molecular complexity index is 362. The van der Waals surface area contributed by atoms with Gasteiger partial charge < -0.3 is 10.2 Å². The highest BCUT2D eigenvalue weighted by molar-refractivity contribution is 5.40. The van der Waals surface area contributed by atoms with Crippen molar-refractivity contribution in [2.75, 3.05) is 18.0 Å². The van der Waals surface area contributed by atoms with E-state index < -0.39 is 0 Å². The number of aromatic nitrogens is 1. The summed E-state index contributed by atoms with van der Waals surface area (Å²) >= 11 is 0. The minimum Gasteiger partial charge on any atom is -0.357 e. The molecule has 2 rings (SSSR count). The van der Waals surface area contributed by atoms with Crippen LogP contribution in [0.15, 0.2) is 18.2 Å². The Morgan fingerprint density at radius 2 is 1.94 bits per heavy atom. The molecule has 0 unspecified atom stereocenters. The third kappa shape index (κ3) is 3.70. The highest BCUT2D eigenvalue weighted by atomic mass is 15.2. The van der Waals surface area contributed by atoms with Gasteiger partial charge in [-0.25, -0.2) is 4.98 Å². The van der Waals surface area contributed by atoms with Gasteiger partial charge in [-0.2, -0.15) is 0 Å². The highest BCUT2D eigenvalue weighted by Gasteiger charge is 2.14. The molecule has 0 aromatic carbocycles. The average molecular weight is 233 g/mol. The monoisotopic (exact) mass is 233 g/mol. The normalized spacial score (nSPS) is 16.5. The van der Waals surface area contributed by atoms with Crippen molar-refractivity contribution in [3.8, 4) is 0 Å². The number of hydrogen-bond donors (Lipinski definition) is 1. The summed E-state index contributed by atoms with van der Waals surface area (Å²) in [5.41, 5.74) is 1.27. The largest absolute Gasteiger partial charge is 0.357 e. The standard InChI is InChI=1S/C14H23N3/c1-14(2,3)15-11-12-7-6-8-13(16-12)17-9-4-5-10-17/h6-8,15H,4-5,9-11H2,1-3H3. The van der Waals surface area contributed by atoms with Crippen molar-refractivity contribution >= 4 is 5.82 Å². The molecule has 1 aromatic heterocycles. The summed E-state index contributed by atoms with van der Waals surface area (Å²) in [5, 5.41) is 3.47. The van der Waals surface area contributed by atoms with E-state index >= 15 is 0 Å². The second-order valence-electron chi connectivity index (χ2n) is 5.78. The zero-order valence-corrected chi connectivity index (χ0v) is 11.2. The SMILES string of the molecule is CC(C)(C)NCc1cccc(N2CCCC2)n1. The van der Waals surface area contributed by atoms with Gasteiger partial charge in [0.2, 0.25) is 0 Å². The van der Waals surface area contributed by atoms with Gasteiger partial charge >= 0.3 is 0 Å². The van der Waals surface area contributed by atoms with E-state index in [4.69, 9.17) is 4.98 Å². The van der Waals surface area contributed by atoms with Gasteiger partial charge in [0.25, 0.3) is 0 Å². The predicted octanol–water partition coefficient (Wildman–Crippen LogP) is 2.57. The van der Waals surface area contributed by atoms with Crippen molar-refractivity contribution in [2.24, 2.45) is 0 Å². The van der Waals surface area contributed by atoms with E-state index in [9.17, 15) is 0 Å². The van der Waals surface area contributed by atoms with Crippen LogP contribution in [0.4, 0.5) is 5.82 Å². The van der Waals surface area contributed by atoms with Crippen LogP contribution in [0.2, 0.25) is 0 Å². The highest BCUT2D eigenvalue weighted by Crippen LogP contribution is 2.17. The molecule has 1 N–H and O–H groups in total. The predicted molar refractivity (Wildman–Crippen MR) is 72.3 cm³/mol. The van der Waals surface area contributed by atoms with Crippen LogP contribution in [0.5, 0.6) is 0 Å². The summed E-state index contributed by atoms with van der Waals surface area (Å²) in [6.07, 6.45) is 2.60. The molecule has 1 fully saturated rings. The molecule has 17 heavy (non-hydrogen) atoms. The Labute approximate surface area is 104 Å². The number of anilines is 1. The quantitative estimate of drug-likeness (QED) is 0.869. The second-order valence-corrected chi connectivity index (χ2v) is 5.78. The van der Waals surface area contributed by atoms with E-state index in [0.29, 0.717) is 0 Å². The van der Waals surface area contributed by atoms with Crippen molar-refractivity contribution in [2.45, 2.75) is 45.7 Å². The number of hydrogen-bond acceptors (Lipinski definition) is 3. The zero-order chi connectivity index (χ0) is 12.3. The van der Waals surface area contributed by atoms with Crippen molar-refractivity contribution in [3.63, 3.8) is 0 Å². The molecule has 1 aliphatic heterocycles. The molecule has 3 nitrogen and oxygen atoms in total. The van der Waals surface area contributed by atoms with Crippen LogP contribution in [0, 0.1) is 0 Å². The molecular formula is C14H23N3. The van der Waals surface area contributed by atoms with Gasteiger partial charge in [0.15, 0.2) is 0 Å². The lowest BCUT2D eigenvalue weighted by atomic mass is 10.1. The molecule has 3 heteroatoms. The van der Waals surface area contributed by atoms with E-state index in [-0.39, 0.29) is 5.54 Å². The first-order chi connectivity index (χ1) is 8.04. The molecule has 1 saturated heterocycles. The Morgan fingerprint density at radius 3 is 2.59 bits per heavy atom. The molecule has 0 spiro atoms. The molecule has 0 amide bonds. The fraction of sp³-hybridized carbons (Fsp3) is 0.643. The Morgan fingerprint density at radius 1 is 1.24 bits per heavy atom. The van der Waals surface area contributed by atoms with Gasteiger partial charge in [0.1, 0.15) is 5.82 Å². The Hall–Kier alpha value is -1.09. The molecule has 1 aromatic rings. The summed E-state index contributed by atoms with van der Waals surface area (Å²) < 4.78 is 0. The molecule has 2 heterocycles. The first-order valence-corrected chi connectivity index (χ1v) is 6.50. The third-order valence-electron chi connectivity index (χ3n) is 3.02. The lowest BCUT2D eigenvalue weighted by Crippen LogP contribution is -2.35. The molecular weight excluding hydrogens is 210 g/mol. The fourth-order valence-corrected chi connectivity index (χ4v) is 2.04. The van der Waals surface area contributed by atoms with Crippen LogP contribution in [0.3, 0.4) is 0 Å². The average Bonchev–Trinajstić information content (AvgIpc) is 2.79. The fourth-order valence-electron chi connectivity index (χ4n) is 2.04. The summed E-state index contributed by atoms with van der Waals surface area (Å²) in [6, 6.07) is 6.32. The van der Waals surface area contributed by atoms with Crippen LogP contribution < -0.4 is 10.2 Å². The van der Waals surface area contributed by atoms with Gasteiger partial charge in [-0.1, -0.05) is 6.07 Å². The lowest BCUT2D eigenvalue weighted by Gasteiger charge is -2.21. The number of rotatable bonds is 3. The number of nitrogens with zero attached hydrogens (tertiary/aromatic N) is 2. The maximum absolute atomic E-state index is 4.72. The van der Waals surface area contributed by atoms with Crippen LogP contribution in [-0.4, -0.2) is 23.6 Å².